The number of primary amides is 1. The fourth-order valence-corrected chi connectivity index (χ4v) is 1.60. The van der Waals surface area contributed by atoms with E-state index >= 15 is 0 Å². The van der Waals surface area contributed by atoms with E-state index in [1.165, 1.54) is 36.4 Å². The van der Waals surface area contributed by atoms with Gasteiger partial charge in [-0.05, 0) is 23.8 Å². The first-order valence-electron chi connectivity index (χ1n) is 4.94. The Morgan fingerprint density at radius 3 is 2.41 bits per heavy atom. The maximum Gasteiger partial charge on any atom is 0.251 e. The second kappa shape index (κ2) is 4.33. The number of rotatable bonds is 2. The normalized spacial score (nSPS) is 10.2. The maximum absolute atomic E-state index is 13.9. The van der Waals surface area contributed by atoms with Crippen molar-refractivity contribution >= 4 is 5.91 Å². The Hall–Kier alpha value is -2.23. The van der Waals surface area contributed by atoms with Gasteiger partial charge in [-0.15, -0.1) is 0 Å². The molecule has 2 N–H and O–H groups in total. The lowest BCUT2D eigenvalue weighted by molar-refractivity contribution is 0.0996. The molecule has 2 rings (SSSR count). The summed E-state index contributed by atoms with van der Waals surface area (Å²) in [4.78, 5) is 11.0. The van der Waals surface area contributed by atoms with Crippen molar-refractivity contribution in [3.8, 4) is 11.1 Å². The molecule has 0 radical (unpaired) electrons. The standard InChI is InChI=1S/C13H9F2NO/c14-9-4-1-3-8(7-9)10-5-2-6-11(12(10)15)13(16)17/h1-7H,(H2,16,17). The number of halogens is 2. The van der Waals surface area contributed by atoms with Crippen LogP contribution in [0.2, 0.25) is 0 Å². The van der Waals surface area contributed by atoms with Gasteiger partial charge in [0.05, 0.1) is 5.56 Å². The van der Waals surface area contributed by atoms with E-state index in [2.05, 4.69) is 0 Å². The summed E-state index contributed by atoms with van der Waals surface area (Å²) in [6.07, 6.45) is 0. The van der Waals surface area contributed by atoms with E-state index in [9.17, 15) is 13.6 Å². The zero-order valence-electron chi connectivity index (χ0n) is 8.78. The van der Waals surface area contributed by atoms with Gasteiger partial charge in [0.1, 0.15) is 11.6 Å². The van der Waals surface area contributed by atoms with Crippen molar-refractivity contribution < 1.29 is 13.6 Å². The quantitative estimate of drug-likeness (QED) is 0.851. The van der Waals surface area contributed by atoms with E-state index in [1.54, 1.807) is 6.07 Å². The smallest absolute Gasteiger partial charge is 0.251 e. The summed E-state index contributed by atoms with van der Waals surface area (Å²) in [6.45, 7) is 0. The molecule has 17 heavy (non-hydrogen) atoms. The molecule has 0 atom stereocenters. The van der Waals surface area contributed by atoms with Crippen LogP contribution in [0.15, 0.2) is 42.5 Å². The second-order valence-electron chi connectivity index (χ2n) is 3.54. The molecule has 0 saturated heterocycles. The molecule has 1 amide bonds. The monoisotopic (exact) mass is 233 g/mol. The van der Waals surface area contributed by atoms with E-state index in [-0.39, 0.29) is 11.1 Å². The molecule has 86 valence electrons. The van der Waals surface area contributed by atoms with Crippen molar-refractivity contribution in [2.24, 2.45) is 5.73 Å². The predicted molar refractivity (Wildman–Crippen MR) is 60.3 cm³/mol. The highest BCUT2D eigenvalue weighted by molar-refractivity contribution is 5.94. The van der Waals surface area contributed by atoms with Crippen molar-refractivity contribution in [3.63, 3.8) is 0 Å². The van der Waals surface area contributed by atoms with E-state index in [0.29, 0.717) is 5.56 Å². The van der Waals surface area contributed by atoms with Crippen LogP contribution in [-0.4, -0.2) is 5.91 Å². The molecule has 0 saturated carbocycles. The number of hydrogen-bond acceptors (Lipinski definition) is 1. The first kappa shape index (κ1) is 11.3. The number of hydrogen-bond donors (Lipinski definition) is 1. The third-order valence-electron chi connectivity index (χ3n) is 2.40. The molecule has 0 aliphatic carbocycles. The molecule has 2 aromatic rings. The van der Waals surface area contributed by atoms with Crippen LogP contribution in [-0.2, 0) is 0 Å². The summed E-state index contributed by atoms with van der Waals surface area (Å²) in [5, 5.41) is 0. The Labute approximate surface area is 96.7 Å². The topological polar surface area (TPSA) is 43.1 Å². The lowest BCUT2D eigenvalue weighted by Crippen LogP contribution is -2.13. The Morgan fingerprint density at radius 1 is 1.06 bits per heavy atom. The molecule has 0 aliphatic heterocycles. The molecule has 0 aromatic heterocycles. The summed E-state index contributed by atoms with van der Waals surface area (Å²) in [7, 11) is 0. The largest absolute Gasteiger partial charge is 0.366 e. The summed E-state index contributed by atoms with van der Waals surface area (Å²) >= 11 is 0. The number of carbonyl (C=O) groups is 1. The number of amides is 1. The average molecular weight is 233 g/mol. The summed E-state index contributed by atoms with van der Waals surface area (Å²) in [5.41, 5.74) is 5.36. The van der Waals surface area contributed by atoms with Crippen molar-refractivity contribution in [3.05, 3.63) is 59.7 Å². The molecule has 0 unspecified atom stereocenters. The SMILES string of the molecule is NC(=O)c1cccc(-c2cccc(F)c2)c1F. The molecule has 0 spiro atoms. The lowest BCUT2D eigenvalue weighted by Gasteiger charge is -2.06. The van der Waals surface area contributed by atoms with E-state index < -0.39 is 17.5 Å². The summed E-state index contributed by atoms with van der Waals surface area (Å²) < 4.78 is 26.9. The molecule has 0 aliphatic rings. The third-order valence-corrected chi connectivity index (χ3v) is 2.40. The van der Waals surface area contributed by atoms with Crippen LogP contribution in [0.4, 0.5) is 8.78 Å². The summed E-state index contributed by atoms with van der Waals surface area (Å²) in [6, 6.07) is 9.76. The number of benzene rings is 2. The fraction of sp³-hybridized carbons (Fsp3) is 0. The van der Waals surface area contributed by atoms with Crippen LogP contribution >= 0.6 is 0 Å². The van der Waals surface area contributed by atoms with Crippen molar-refractivity contribution in [2.45, 2.75) is 0 Å². The van der Waals surface area contributed by atoms with Crippen LogP contribution in [0.1, 0.15) is 10.4 Å². The zero-order valence-corrected chi connectivity index (χ0v) is 8.78. The van der Waals surface area contributed by atoms with Crippen LogP contribution < -0.4 is 5.73 Å². The third kappa shape index (κ3) is 2.15. The maximum atomic E-state index is 13.9. The second-order valence-corrected chi connectivity index (χ2v) is 3.54. The van der Waals surface area contributed by atoms with Crippen molar-refractivity contribution in [1.82, 2.24) is 0 Å². The van der Waals surface area contributed by atoms with Crippen molar-refractivity contribution in [1.29, 1.82) is 0 Å². The van der Waals surface area contributed by atoms with Crippen LogP contribution in [0, 0.1) is 11.6 Å². The van der Waals surface area contributed by atoms with Crippen LogP contribution in [0.3, 0.4) is 0 Å². The van der Waals surface area contributed by atoms with Gasteiger partial charge in [-0.25, -0.2) is 8.78 Å². The highest BCUT2D eigenvalue weighted by Crippen LogP contribution is 2.25. The van der Waals surface area contributed by atoms with Gasteiger partial charge < -0.3 is 5.73 Å². The minimum absolute atomic E-state index is 0.154. The fourth-order valence-electron chi connectivity index (χ4n) is 1.60. The number of carbonyl (C=O) groups excluding carboxylic acids is 1. The molecule has 4 heteroatoms. The number of nitrogens with two attached hydrogens (primary N) is 1. The van der Waals surface area contributed by atoms with Gasteiger partial charge in [-0.2, -0.15) is 0 Å². The molecule has 2 aromatic carbocycles. The minimum Gasteiger partial charge on any atom is -0.366 e. The predicted octanol–water partition coefficient (Wildman–Crippen LogP) is 2.73. The van der Waals surface area contributed by atoms with E-state index in [0.717, 1.165) is 0 Å². The highest BCUT2D eigenvalue weighted by Gasteiger charge is 2.13. The molecular weight excluding hydrogens is 224 g/mol. The van der Waals surface area contributed by atoms with Gasteiger partial charge >= 0.3 is 0 Å². The van der Waals surface area contributed by atoms with E-state index in [4.69, 9.17) is 5.73 Å². The highest BCUT2D eigenvalue weighted by atomic mass is 19.1. The van der Waals surface area contributed by atoms with E-state index in [1.807, 2.05) is 0 Å². The van der Waals surface area contributed by atoms with Gasteiger partial charge in [0, 0.05) is 5.56 Å². The summed E-state index contributed by atoms with van der Waals surface area (Å²) in [5.74, 6) is -2.04. The Morgan fingerprint density at radius 2 is 1.76 bits per heavy atom. The van der Waals surface area contributed by atoms with Crippen molar-refractivity contribution in [2.75, 3.05) is 0 Å². The average Bonchev–Trinajstić information content (AvgIpc) is 2.29. The molecule has 0 fully saturated rings. The van der Waals surface area contributed by atoms with Gasteiger partial charge in [0.25, 0.3) is 5.91 Å². The zero-order chi connectivity index (χ0) is 12.4. The van der Waals surface area contributed by atoms with Crippen LogP contribution in [0.5, 0.6) is 0 Å². The van der Waals surface area contributed by atoms with Gasteiger partial charge in [0.2, 0.25) is 0 Å². The Balaban J connectivity index is 2.60. The van der Waals surface area contributed by atoms with Crippen LogP contribution in [0.25, 0.3) is 11.1 Å². The molecule has 0 bridgehead atoms. The van der Waals surface area contributed by atoms with Gasteiger partial charge in [-0.3, -0.25) is 4.79 Å². The Bertz CT molecular complexity index is 581. The molecule has 2 nitrogen and oxygen atoms in total. The van der Waals surface area contributed by atoms with Gasteiger partial charge in [0.15, 0.2) is 0 Å². The Kier molecular flexibility index (Phi) is 2.87. The molecule has 0 heterocycles. The first-order chi connectivity index (χ1) is 8.09. The molecular formula is C13H9F2NO. The lowest BCUT2D eigenvalue weighted by atomic mass is 10.0. The first-order valence-corrected chi connectivity index (χ1v) is 4.94. The minimum atomic E-state index is -0.847. The van der Waals surface area contributed by atoms with Gasteiger partial charge in [-0.1, -0.05) is 24.3 Å².